The van der Waals surface area contributed by atoms with E-state index in [1.54, 1.807) is 0 Å². The molecule has 0 spiro atoms. The fourth-order valence-corrected chi connectivity index (χ4v) is 2.03. The van der Waals surface area contributed by atoms with Gasteiger partial charge in [-0.05, 0) is 42.0 Å². The van der Waals surface area contributed by atoms with Crippen LogP contribution >= 0.6 is 11.6 Å². The first-order valence-corrected chi connectivity index (χ1v) is 4.83. The van der Waals surface area contributed by atoms with Crippen LogP contribution in [0.15, 0.2) is 24.3 Å². The van der Waals surface area contributed by atoms with Crippen molar-refractivity contribution < 1.29 is 4.79 Å². The Bertz CT molecular complexity index is 346. The van der Waals surface area contributed by atoms with Crippen LogP contribution < -0.4 is 0 Å². The lowest BCUT2D eigenvalue weighted by Gasteiger charge is -2.02. The third-order valence-corrected chi connectivity index (χ3v) is 2.95. The Balaban J connectivity index is 2.21. The van der Waals surface area contributed by atoms with Gasteiger partial charge in [0.1, 0.15) is 0 Å². The molecule has 1 aliphatic carbocycles. The van der Waals surface area contributed by atoms with Crippen molar-refractivity contribution >= 4 is 16.8 Å². The molecule has 1 aliphatic rings. The molecular weight excluding hydrogens is 184 g/mol. The van der Waals surface area contributed by atoms with Crippen LogP contribution in [0, 0.1) is 12.8 Å². The summed E-state index contributed by atoms with van der Waals surface area (Å²) in [6.07, 6.45) is 0.924. The SMILES string of the molecule is Cc1ccccc1[C@@H]1C[C@H]1C(=O)Cl. The zero-order valence-corrected chi connectivity index (χ0v) is 8.21. The van der Waals surface area contributed by atoms with Crippen LogP contribution in [0.2, 0.25) is 0 Å². The highest BCUT2D eigenvalue weighted by Crippen LogP contribution is 2.49. The average molecular weight is 195 g/mol. The maximum atomic E-state index is 10.9. The molecule has 0 aromatic heterocycles. The molecule has 68 valence electrons. The van der Waals surface area contributed by atoms with Crippen LogP contribution in [0.4, 0.5) is 0 Å². The van der Waals surface area contributed by atoms with Crippen molar-refractivity contribution in [2.75, 3.05) is 0 Å². The zero-order chi connectivity index (χ0) is 9.42. The van der Waals surface area contributed by atoms with Crippen LogP contribution in [0.25, 0.3) is 0 Å². The van der Waals surface area contributed by atoms with Crippen LogP contribution in [-0.4, -0.2) is 5.24 Å². The van der Waals surface area contributed by atoms with Gasteiger partial charge in [0, 0.05) is 5.92 Å². The summed E-state index contributed by atoms with van der Waals surface area (Å²) in [4.78, 5) is 10.9. The first-order chi connectivity index (χ1) is 6.20. The molecule has 0 amide bonds. The van der Waals surface area contributed by atoms with Gasteiger partial charge in [-0.1, -0.05) is 24.3 Å². The first-order valence-electron chi connectivity index (χ1n) is 4.45. The number of benzene rings is 1. The third-order valence-electron chi connectivity index (χ3n) is 2.67. The molecule has 1 aromatic carbocycles. The molecule has 2 atom stereocenters. The predicted octanol–water partition coefficient (Wildman–Crippen LogP) is 2.86. The summed E-state index contributed by atoms with van der Waals surface area (Å²) in [5.41, 5.74) is 2.54. The van der Waals surface area contributed by atoms with Crippen LogP contribution in [0.1, 0.15) is 23.5 Å². The number of carbonyl (C=O) groups is 1. The molecule has 1 nitrogen and oxygen atoms in total. The van der Waals surface area contributed by atoms with Gasteiger partial charge in [-0.15, -0.1) is 0 Å². The van der Waals surface area contributed by atoms with Gasteiger partial charge in [-0.2, -0.15) is 0 Å². The molecule has 0 bridgehead atoms. The van der Waals surface area contributed by atoms with Gasteiger partial charge in [0.25, 0.3) is 0 Å². The lowest BCUT2D eigenvalue weighted by molar-refractivity contribution is -0.112. The van der Waals surface area contributed by atoms with E-state index in [0.717, 1.165) is 6.42 Å². The van der Waals surface area contributed by atoms with E-state index >= 15 is 0 Å². The van der Waals surface area contributed by atoms with Crippen LogP contribution in [0.3, 0.4) is 0 Å². The van der Waals surface area contributed by atoms with Crippen molar-refractivity contribution in [2.24, 2.45) is 5.92 Å². The molecular formula is C11H11ClO. The van der Waals surface area contributed by atoms with Crippen molar-refractivity contribution in [2.45, 2.75) is 19.3 Å². The highest BCUT2D eigenvalue weighted by atomic mass is 35.5. The molecule has 1 saturated carbocycles. The molecule has 2 rings (SSSR count). The van der Waals surface area contributed by atoms with Gasteiger partial charge in [0.2, 0.25) is 5.24 Å². The Morgan fingerprint density at radius 2 is 2.15 bits per heavy atom. The van der Waals surface area contributed by atoms with Crippen molar-refractivity contribution in [3.63, 3.8) is 0 Å². The summed E-state index contributed by atoms with van der Waals surface area (Å²) in [5.74, 6) is 0.453. The van der Waals surface area contributed by atoms with Crippen molar-refractivity contribution in [3.8, 4) is 0 Å². The smallest absolute Gasteiger partial charge is 0.225 e. The Hall–Kier alpha value is -0.820. The van der Waals surface area contributed by atoms with E-state index in [0.29, 0.717) is 5.92 Å². The Morgan fingerprint density at radius 1 is 1.46 bits per heavy atom. The topological polar surface area (TPSA) is 17.1 Å². The monoisotopic (exact) mass is 194 g/mol. The lowest BCUT2D eigenvalue weighted by atomic mass is 10.0. The van der Waals surface area contributed by atoms with Crippen molar-refractivity contribution in [1.29, 1.82) is 0 Å². The average Bonchev–Trinajstić information content (AvgIpc) is 2.84. The molecule has 2 heteroatoms. The summed E-state index contributed by atoms with van der Waals surface area (Å²) in [6, 6.07) is 8.18. The maximum Gasteiger partial charge on any atom is 0.225 e. The highest BCUT2D eigenvalue weighted by molar-refractivity contribution is 6.64. The van der Waals surface area contributed by atoms with Crippen LogP contribution in [-0.2, 0) is 4.79 Å². The molecule has 0 radical (unpaired) electrons. The molecule has 1 fully saturated rings. The van der Waals surface area contributed by atoms with Gasteiger partial charge >= 0.3 is 0 Å². The standard InChI is InChI=1S/C11H11ClO/c1-7-4-2-3-5-8(7)9-6-10(9)11(12)13/h2-5,9-10H,6H2,1H3/t9-,10+/m0/s1. The number of hydrogen-bond donors (Lipinski definition) is 0. The Labute approximate surface area is 82.7 Å². The quantitative estimate of drug-likeness (QED) is 0.662. The molecule has 0 heterocycles. The summed E-state index contributed by atoms with van der Waals surface area (Å²) in [7, 11) is 0. The molecule has 0 unspecified atom stereocenters. The molecule has 13 heavy (non-hydrogen) atoms. The summed E-state index contributed by atoms with van der Waals surface area (Å²) in [6.45, 7) is 2.07. The third kappa shape index (κ3) is 1.61. The Morgan fingerprint density at radius 3 is 2.69 bits per heavy atom. The Kier molecular flexibility index (Phi) is 2.12. The van der Waals surface area contributed by atoms with Gasteiger partial charge in [0.05, 0.1) is 0 Å². The van der Waals surface area contributed by atoms with Crippen molar-refractivity contribution in [1.82, 2.24) is 0 Å². The van der Waals surface area contributed by atoms with E-state index in [-0.39, 0.29) is 11.2 Å². The zero-order valence-electron chi connectivity index (χ0n) is 7.46. The minimum absolute atomic E-state index is 0.0720. The number of aryl methyl sites for hydroxylation is 1. The number of hydrogen-bond acceptors (Lipinski definition) is 1. The van der Waals surface area contributed by atoms with Gasteiger partial charge < -0.3 is 0 Å². The minimum Gasteiger partial charge on any atom is -0.281 e. The molecule has 1 aromatic rings. The largest absolute Gasteiger partial charge is 0.281 e. The maximum absolute atomic E-state index is 10.9. The number of halogens is 1. The predicted molar refractivity (Wildman–Crippen MR) is 52.9 cm³/mol. The van der Waals surface area contributed by atoms with E-state index in [4.69, 9.17) is 11.6 Å². The fourth-order valence-electron chi connectivity index (χ4n) is 1.79. The molecule has 0 N–H and O–H groups in total. The highest BCUT2D eigenvalue weighted by Gasteiger charge is 2.43. The number of rotatable bonds is 2. The van der Waals surface area contributed by atoms with E-state index < -0.39 is 0 Å². The van der Waals surface area contributed by atoms with E-state index in [2.05, 4.69) is 19.1 Å². The van der Waals surface area contributed by atoms with Gasteiger partial charge in [-0.3, -0.25) is 4.79 Å². The fraction of sp³-hybridized carbons (Fsp3) is 0.364. The van der Waals surface area contributed by atoms with Crippen molar-refractivity contribution in [3.05, 3.63) is 35.4 Å². The second kappa shape index (κ2) is 3.15. The second-order valence-corrected chi connectivity index (χ2v) is 3.98. The van der Waals surface area contributed by atoms with E-state index in [9.17, 15) is 4.79 Å². The normalized spacial score (nSPS) is 25.7. The molecule has 0 saturated heterocycles. The van der Waals surface area contributed by atoms with E-state index in [1.807, 2.05) is 12.1 Å². The first kappa shape index (κ1) is 8.76. The lowest BCUT2D eigenvalue weighted by Crippen LogP contribution is -1.93. The summed E-state index contributed by atoms with van der Waals surface area (Å²) < 4.78 is 0. The number of carbonyl (C=O) groups excluding carboxylic acids is 1. The second-order valence-electron chi connectivity index (χ2n) is 3.61. The van der Waals surface area contributed by atoms with Crippen LogP contribution in [0.5, 0.6) is 0 Å². The van der Waals surface area contributed by atoms with E-state index in [1.165, 1.54) is 11.1 Å². The minimum atomic E-state index is -0.187. The molecule has 0 aliphatic heterocycles. The van der Waals surface area contributed by atoms with Gasteiger partial charge in [0.15, 0.2) is 0 Å². The summed E-state index contributed by atoms with van der Waals surface area (Å²) in [5, 5.41) is -0.187. The van der Waals surface area contributed by atoms with Gasteiger partial charge in [-0.25, -0.2) is 0 Å². The summed E-state index contributed by atoms with van der Waals surface area (Å²) >= 11 is 5.43.